The van der Waals surface area contributed by atoms with Gasteiger partial charge in [0.25, 0.3) is 0 Å². The smallest absolute Gasteiger partial charge is 0.111 e. The average molecular weight is 305 g/mol. The Labute approximate surface area is 132 Å². The van der Waals surface area contributed by atoms with Crippen molar-refractivity contribution in [3.63, 3.8) is 0 Å². The first-order valence-electron chi connectivity index (χ1n) is 8.24. The Bertz CT molecular complexity index is 602. The van der Waals surface area contributed by atoms with Crippen molar-refractivity contribution in [3.8, 4) is 0 Å². The molecule has 2 nitrogen and oxygen atoms in total. The summed E-state index contributed by atoms with van der Waals surface area (Å²) in [5.41, 5.74) is 2.40. The number of fused-ring (bicyclic) bond motifs is 1. The van der Waals surface area contributed by atoms with Crippen LogP contribution in [-0.2, 0) is 6.42 Å². The van der Waals surface area contributed by atoms with Gasteiger partial charge in [-0.25, -0.2) is 4.98 Å². The van der Waals surface area contributed by atoms with Gasteiger partial charge in [0, 0.05) is 18.3 Å². The molecule has 0 aliphatic heterocycles. The van der Waals surface area contributed by atoms with Crippen LogP contribution in [0.15, 0.2) is 24.3 Å². The SMILES string of the molecule is CC(C)C1CCCCC1n1c(CCCl)nc2ccccc21. The molecule has 0 bridgehead atoms. The number of aryl methyl sites for hydroxylation is 1. The lowest BCUT2D eigenvalue weighted by Gasteiger charge is -2.36. The van der Waals surface area contributed by atoms with Crippen molar-refractivity contribution in [2.75, 3.05) is 5.88 Å². The summed E-state index contributed by atoms with van der Waals surface area (Å²) in [5.74, 6) is 3.29. The van der Waals surface area contributed by atoms with Gasteiger partial charge in [-0.3, -0.25) is 0 Å². The predicted octanol–water partition coefficient (Wildman–Crippen LogP) is 5.20. The fourth-order valence-electron chi connectivity index (χ4n) is 3.96. The summed E-state index contributed by atoms with van der Waals surface area (Å²) in [6, 6.07) is 9.12. The highest BCUT2D eigenvalue weighted by atomic mass is 35.5. The Hall–Kier alpha value is -1.02. The molecule has 0 saturated heterocycles. The monoisotopic (exact) mass is 304 g/mol. The van der Waals surface area contributed by atoms with Gasteiger partial charge in [-0.05, 0) is 36.8 Å². The van der Waals surface area contributed by atoms with Crippen molar-refractivity contribution in [1.29, 1.82) is 0 Å². The van der Waals surface area contributed by atoms with Crippen LogP contribution < -0.4 is 0 Å². The second-order valence-corrected chi connectivity index (χ2v) is 6.96. The number of benzene rings is 1. The van der Waals surface area contributed by atoms with Crippen LogP contribution in [0.1, 0.15) is 51.4 Å². The number of para-hydroxylation sites is 2. The summed E-state index contributed by atoms with van der Waals surface area (Å²) in [4.78, 5) is 4.85. The molecule has 3 heteroatoms. The van der Waals surface area contributed by atoms with Gasteiger partial charge in [-0.15, -0.1) is 11.6 Å². The lowest BCUT2D eigenvalue weighted by Crippen LogP contribution is -2.28. The van der Waals surface area contributed by atoms with Gasteiger partial charge in [0.15, 0.2) is 0 Å². The maximum atomic E-state index is 6.02. The fraction of sp³-hybridized carbons (Fsp3) is 0.611. The van der Waals surface area contributed by atoms with Crippen molar-refractivity contribution in [2.45, 2.75) is 52.0 Å². The van der Waals surface area contributed by atoms with Crippen LogP contribution in [0.2, 0.25) is 0 Å². The van der Waals surface area contributed by atoms with Gasteiger partial charge >= 0.3 is 0 Å². The van der Waals surface area contributed by atoms with Gasteiger partial charge in [0.1, 0.15) is 5.82 Å². The van der Waals surface area contributed by atoms with Crippen LogP contribution in [0, 0.1) is 11.8 Å². The van der Waals surface area contributed by atoms with E-state index in [1.54, 1.807) is 0 Å². The number of aromatic nitrogens is 2. The molecule has 2 aromatic rings. The van der Waals surface area contributed by atoms with E-state index in [0.717, 1.165) is 23.8 Å². The molecule has 2 atom stereocenters. The molecule has 1 aromatic heterocycles. The van der Waals surface area contributed by atoms with E-state index in [0.29, 0.717) is 11.9 Å². The van der Waals surface area contributed by atoms with Gasteiger partial charge in [0.2, 0.25) is 0 Å². The van der Waals surface area contributed by atoms with Crippen molar-refractivity contribution in [3.05, 3.63) is 30.1 Å². The minimum Gasteiger partial charge on any atom is -0.325 e. The zero-order valence-corrected chi connectivity index (χ0v) is 13.8. The first-order valence-corrected chi connectivity index (χ1v) is 8.77. The summed E-state index contributed by atoms with van der Waals surface area (Å²) >= 11 is 6.02. The molecule has 1 fully saturated rings. The van der Waals surface area contributed by atoms with E-state index in [4.69, 9.17) is 16.6 Å². The third-order valence-corrected chi connectivity index (χ3v) is 5.15. The molecule has 2 unspecified atom stereocenters. The number of alkyl halides is 1. The first kappa shape index (κ1) is 14.9. The maximum Gasteiger partial charge on any atom is 0.111 e. The van der Waals surface area contributed by atoms with Crippen molar-refractivity contribution >= 4 is 22.6 Å². The highest BCUT2D eigenvalue weighted by Gasteiger charge is 2.31. The number of halogens is 1. The topological polar surface area (TPSA) is 17.8 Å². The minimum absolute atomic E-state index is 0.587. The zero-order valence-electron chi connectivity index (χ0n) is 13.1. The molecular formula is C18H25ClN2. The highest BCUT2D eigenvalue weighted by molar-refractivity contribution is 6.17. The fourth-order valence-corrected chi connectivity index (χ4v) is 4.13. The molecule has 1 saturated carbocycles. The molecule has 21 heavy (non-hydrogen) atoms. The second kappa shape index (κ2) is 6.39. The number of nitrogens with zero attached hydrogens (tertiary/aromatic N) is 2. The van der Waals surface area contributed by atoms with Gasteiger partial charge < -0.3 is 4.57 Å². The van der Waals surface area contributed by atoms with Crippen LogP contribution in [0.25, 0.3) is 11.0 Å². The Morgan fingerprint density at radius 3 is 2.76 bits per heavy atom. The van der Waals surface area contributed by atoms with Crippen LogP contribution >= 0.6 is 11.6 Å². The Morgan fingerprint density at radius 1 is 1.24 bits per heavy atom. The summed E-state index contributed by atoms with van der Waals surface area (Å²) in [6.45, 7) is 4.73. The molecule has 0 N–H and O–H groups in total. The third kappa shape index (κ3) is 2.83. The number of rotatable bonds is 4. The van der Waals surface area contributed by atoms with E-state index in [9.17, 15) is 0 Å². The summed E-state index contributed by atoms with van der Waals surface area (Å²) in [6.07, 6.45) is 6.18. The minimum atomic E-state index is 0.587. The Morgan fingerprint density at radius 2 is 2.00 bits per heavy atom. The van der Waals surface area contributed by atoms with Crippen LogP contribution in [0.5, 0.6) is 0 Å². The third-order valence-electron chi connectivity index (χ3n) is 4.96. The normalized spacial score (nSPS) is 23.0. The standard InChI is InChI=1S/C18H25ClN2/c1-13(2)14-7-3-5-9-16(14)21-17-10-6-4-8-15(17)20-18(21)11-12-19/h4,6,8,10,13-14,16H,3,5,7,9,11-12H2,1-2H3. The van der Waals surface area contributed by atoms with E-state index in [1.807, 2.05) is 0 Å². The summed E-state index contributed by atoms with van der Waals surface area (Å²) < 4.78 is 2.52. The lowest BCUT2D eigenvalue weighted by atomic mass is 9.77. The van der Waals surface area contributed by atoms with E-state index >= 15 is 0 Å². The van der Waals surface area contributed by atoms with Gasteiger partial charge in [-0.2, -0.15) is 0 Å². The first-order chi connectivity index (χ1) is 10.2. The molecule has 1 aromatic carbocycles. The van der Waals surface area contributed by atoms with Crippen LogP contribution in [-0.4, -0.2) is 15.4 Å². The highest BCUT2D eigenvalue weighted by Crippen LogP contribution is 2.40. The van der Waals surface area contributed by atoms with E-state index < -0.39 is 0 Å². The Kier molecular flexibility index (Phi) is 4.54. The quantitative estimate of drug-likeness (QED) is 0.709. The van der Waals surface area contributed by atoms with Gasteiger partial charge in [-0.1, -0.05) is 38.8 Å². The molecule has 0 spiro atoms. The molecule has 0 amide bonds. The van der Waals surface area contributed by atoms with Gasteiger partial charge in [0.05, 0.1) is 11.0 Å². The van der Waals surface area contributed by atoms with E-state index in [1.165, 1.54) is 37.0 Å². The number of hydrogen-bond donors (Lipinski definition) is 0. The van der Waals surface area contributed by atoms with Crippen molar-refractivity contribution in [2.24, 2.45) is 11.8 Å². The molecular weight excluding hydrogens is 280 g/mol. The predicted molar refractivity (Wildman–Crippen MR) is 90.0 cm³/mol. The Balaban J connectivity index is 2.10. The summed E-state index contributed by atoms with van der Waals surface area (Å²) in [7, 11) is 0. The van der Waals surface area contributed by atoms with Crippen molar-refractivity contribution in [1.82, 2.24) is 9.55 Å². The maximum absolute atomic E-state index is 6.02. The molecule has 1 aliphatic carbocycles. The zero-order chi connectivity index (χ0) is 14.8. The van der Waals surface area contributed by atoms with Crippen LogP contribution in [0.4, 0.5) is 0 Å². The average Bonchev–Trinajstić information content (AvgIpc) is 2.85. The second-order valence-electron chi connectivity index (χ2n) is 6.59. The lowest BCUT2D eigenvalue weighted by molar-refractivity contribution is 0.185. The largest absolute Gasteiger partial charge is 0.325 e. The molecule has 114 valence electrons. The number of hydrogen-bond acceptors (Lipinski definition) is 1. The molecule has 1 aliphatic rings. The summed E-state index contributed by atoms with van der Waals surface area (Å²) in [5, 5.41) is 0. The van der Waals surface area contributed by atoms with Crippen LogP contribution in [0.3, 0.4) is 0 Å². The number of imidazole rings is 1. The molecule has 3 rings (SSSR count). The molecule has 1 heterocycles. The molecule has 0 radical (unpaired) electrons. The van der Waals surface area contributed by atoms with E-state index in [-0.39, 0.29) is 0 Å². The van der Waals surface area contributed by atoms with E-state index in [2.05, 4.69) is 42.7 Å². The van der Waals surface area contributed by atoms with Crippen molar-refractivity contribution < 1.29 is 0 Å².